The quantitative estimate of drug-likeness (QED) is 0.797. The van der Waals surface area contributed by atoms with E-state index in [4.69, 9.17) is 11.6 Å². The third-order valence-corrected chi connectivity index (χ3v) is 4.61. The number of carbonyl (C=O) groups is 1. The summed E-state index contributed by atoms with van der Waals surface area (Å²) in [6.07, 6.45) is 3.80. The fourth-order valence-electron chi connectivity index (χ4n) is 3.03. The van der Waals surface area contributed by atoms with Gasteiger partial charge in [0.1, 0.15) is 0 Å². The topological polar surface area (TPSA) is 61.4 Å². The van der Waals surface area contributed by atoms with E-state index < -0.39 is 5.54 Å². The molecule has 2 rings (SSSR count). The Hall–Kier alpha value is -1.26. The second-order valence-electron chi connectivity index (χ2n) is 6.18. The Labute approximate surface area is 130 Å². The number of anilines is 1. The smallest absolute Gasteiger partial charge is 0.319 e. The van der Waals surface area contributed by atoms with Crippen molar-refractivity contribution in [3.63, 3.8) is 0 Å². The third-order valence-electron chi connectivity index (χ3n) is 4.20. The second kappa shape index (κ2) is 6.67. The Morgan fingerprint density at radius 2 is 2.29 bits per heavy atom. The molecule has 0 aliphatic heterocycles. The normalized spacial score (nSPS) is 25.4. The van der Waals surface area contributed by atoms with Gasteiger partial charge < -0.3 is 15.7 Å². The van der Waals surface area contributed by atoms with Gasteiger partial charge in [-0.25, -0.2) is 4.79 Å². The summed E-state index contributed by atoms with van der Waals surface area (Å²) in [6, 6.07) is 5.11. The summed E-state index contributed by atoms with van der Waals surface area (Å²) in [5, 5.41) is 16.0. The average Bonchev–Trinajstić information content (AvgIpc) is 2.43. The van der Waals surface area contributed by atoms with Gasteiger partial charge in [-0.1, -0.05) is 37.4 Å². The predicted molar refractivity (Wildman–Crippen MR) is 85.8 cm³/mol. The first-order chi connectivity index (χ1) is 9.94. The number of aliphatic hydroxyl groups excluding tert-OH is 1. The first kappa shape index (κ1) is 16.1. The van der Waals surface area contributed by atoms with Crippen LogP contribution in [0.3, 0.4) is 0 Å². The van der Waals surface area contributed by atoms with Crippen LogP contribution in [-0.2, 0) is 0 Å². The van der Waals surface area contributed by atoms with Gasteiger partial charge >= 0.3 is 6.03 Å². The Balaban J connectivity index is 2.01. The van der Waals surface area contributed by atoms with E-state index in [0.29, 0.717) is 16.6 Å². The van der Waals surface area contributed by atoms with Crippen LogP contribution in [0.15, 0.2) is 18.2 Å². The molecule has 2 amide bonds. The second-order valence-corrected chi connectivity index (χ2v) is 6.59. The molecule has 0 spiro atoms. The van der Waals surface area contributed by atoms with Gasteiger partial charge in [0.15, 0.2) is 0 Å². The van der Waals surface area contributed by atoms with Crippen molar-refractivity contribution in [3.05, 3.63) is 28.8 Å². The zero-order valence-corrected chi connectivity index (χ0v) is 13.3. The Bertz CT molecular complexity index is 521. The number of carbonyl (C=O) groups excluding carboxylic acids is 1. The molecule has 2 unspecified atom stereocenters. The monoisotopic (exact) mass is 310 g/mol. The first-order valence-corrected chi connectivity index (χ1v) is 7.78. The SMILES string of the molecule is Cc1ccc(NC(=O)NC2(CO)CCCC(C)C2)cc1Cl. The maximum Gasteiger partial charge on any atom is 0.319 e. The molecule has 1 saturated carbocycles. The minimum atomic E-state index is -0.504. The molecule has 0 radical (unpaired) electrons. The van der Waals surface area contributed by atoms with Gasteiger partial charge in [-0.15, -0.1) is 0 Å². The molecule has 1 fully saturated rings. The number of benzene rings is 1. The molecule has 1 aromatic rings. The summed E-state index contributed by atoms with van der Waals surface area (Å²) < 4.78 is 0. The number of aryl methyl sites for hydroxylation is 1. The van der Waals surface area contributed by atoms with E-state index in [1.54, 1.807) is 6.07 Å². The minimum Gasteiger partial charge on any atom is -0.394 e. The molecule has 116 valence electrons. The van der Waals surface area contributed by atoms with Crippen LogP contribution < -0.4 is 10.6 Å². The van der Waals surface area contributed by atoms with Crippen LogP contribution >= 0.6 is 11.6 Å². The molecule has 0 saturated heterocycles. The minimum absolute atomic E-state index is 0.0284. The molecule has 0 bridgehead atoms. The van der Waals surface area contributed by atoms with Crippen molar-refractivity contribution in [2.75, 3.05) is 11.9 Å². The van der Waals surface area contributed by atoms with Crippen LogP contribution in [0.4, 0.5) is 10.5 Å². The molecule has 21 heavy (non-hydrogen) atoms. The summed E-state index contributed by atoms with van der Waals surface area (Å²) in [5.74, 6) is 0.514. The highest BCUT2D eigenvalue weighted by Gasteiger charge is 2.35. The van der Waals surface area contributed by atoms with Crippen molar-refractivity contribution in [1.29, 1.82) is 0 Å². The van der Waals surface area contributed by atoms with E-state index in [9.17, 15) is 9.90 Å². The standard InChI is InChI=1S/C16H23ClN2O2/c1-11-4-3-7-16(9-11,10-20)19-15(21)18-13-6-5-12(2)14(17)8-13/h5-6,8,11,20H,3-4,7,9-10H2,1-2H3,(H2,18,19,21). The summed E-state index contributed by atoms with van der Waals surface area (Å²) in [7, 11) is 0. The molecule has 4 nitrogen and oxygen atoms in total. The molecule has 3 N–H and O–H groups in total. The number of hydrogen-bond acceptors (Lipinski definition) is 2. The summed E-state index contributed by atoms with van der Waals surface area (Å²) in [4.78, 5) is 12.2. The zero-order valence-electron chi connectivity index (χ0n) is 12.6. The molecular weight excluding hydrogens is 288 g/mol. The average molecular weight is 311 g/mol. The maximum absolute atomic E-state index is 12.2. The number of nitrogens with one attached hydrogen (secondary N) is 2. The van der Waals surface area contributed by atoms with Crippen LogP contribution in [0.1, 0.15) is 38.2 Å². The largest absolute Gasteiger partial charge is 0.394 e. The van der Waals surface area contributed by atoms with Crippen molar-refractivity contribution < 1.29 is 9.90 Å². The van der Waals surface area contributed by atoms with Gasteiger partial charge in [0, 0.05) is 10.7 Å². The Morgan fingerprint density at radius 3 is 2.90 bits per heavy atom. The number of aliphatic hydroxyl groups is 1. The van der Waals surface area contributed by atoms with Crippen LogP contribution in [0.25, 0.3) is 0 Å². The molecule has 5 heteroatoms. The van der Waals surface area contributed by atoms with Gasteiger partial charge in [-0.3, -0.25) is 0 Å². The lowest BCUT2D eigenvalue weighted by Gasteiger charge is -2.39. The van der Waals surface area contributed by atoms with Crippen LogP contribution in [0.2, 0.25) is 5.02 Å². The van der Waals surface area contributed by atoms with Crippen molar-refractivity contribution in [3.8, 4) is 0 Å². The van der Waals surface area contributed by atoms with Gasteiger partial charge in [0.2, 0.25) is 0 Å². The van der Waals surface area contributed by atoms with Crippen molar-refractivity contribution in [1.82, 2.24) is 5.32 Å². The first-order valence-electron chi connectivity index (χ1n) is 7.40. The summed E-state index contributed by atoms with van der Waals surface area (Å²) in [6.45, 7) is 4.04. The lowest BCUT2D eigenvalue weighted by molar-refractivity contribution is 0.108. The predicted octanol–water partition coefficient (Wildman–Crippen LogP) is 3.71. The van der Waals surface area contributed by atoms with Crippen LogP contribution in [0.5, 0.6) is 0 Å². The number of urea groups is 1. The summed E-state index contributed by atoms with van der Waals surface area (Å²) in [5.41, 5.74) is 1.12. The number of rotatable bonds is 3. The van der Waals surface area contributed by atoms with E-state index in [-0.39, 0.29) is 12.6 Å². The molecule has 2 atom stereocenters. The molecular formula is C16H23ClN2O2. The number of amides is 2. The fraction of sp³-hybridized carbons (Fsp3) is 0.562. The molecule has 0 heterocycles. The van der Waals surface area contributed by atoms with E-state index >= 15 is 0 Å². The lowest BCUT2D eigenvalue weighted by Crippen LogP contribution is -2.55. The van der Waals surface area contributed by atoms with Crippen LogP contribution in [-0.4, -0.2) is 23.3 Å². The Morgan fingerprint density at radius 1 is 1.52 bits per heavy atom. The van der Waals surface area contributed by atoms with Crippen molar-refractivity contribution in [2.45, 2.75) is 45.1 Å². The van der Waals surface area contributed by atoms with Crippen molar-refractivity contribution in [2.24, 2.45) is 5.92 Å². The maximum atomic E-state index is 12.2. The molecule has 1 aliphatic carbocycles. The zero-order chi connectivity index (χ0) is 15.5. The van der Waals surface area contributed by atoms with Crippen molar-refractivity contribution >= 4 is 23.3 Å². The van der Waals surface area contributed by atoms with Gasteiger partial charge in [0.05, 0.1) is 12.1 Å². The van der Waals surface area contributed by atoms with E-state index in [1.807, 2.05) is 19.1 Å². The highest BCUT2D eigenvalue weighted by atomic mass is 35.5. The molecule has 0 aromatic heterocycles. The van der Waals surface area contributed by atoms with Gasteiger partial charge in [-0.2, -0.15) is 0 Å². The molecule has 1 aromatic carbocycles. The third kappa shape index (κ3) is 4.11. The highest BCUT2D eigenvalue weighted by Crippen LogP contribution is 2.32. The molecule has 1 aliphatic rings. The number of halogens is 1. The summed E-state index contributed by atoms with van der Waals surface area (Å²) >= 11 is 6.05. The van der Waals surface area contributed by atoms with Crippen LogP contribution in [0, 0.1) is 12.8 Å². The Kier molecular flexibility index (Phi) is 5.12. The lowest BCUT2D eigenvalue weighted by atomic mass is 9.77. The van der Waals surface area contributed by atoms with E-state index in [2.05, 4.69) is 17.6 Å². The number of hydrogen-bond donors (Lipinski definition) is 3. The van der Waals surface area contributed by atoms with Gasteiger partial charge in [0.25, 0.3) is 0 Å². The highest BCUT2D eigenvalue weighted by molar-refractivity contribution is 6.31. The van der Waals surface area contributed by atoms with Gasteiger partial charge in [-0.05, 0) is 43.4 Å². The van der Waals surface area contributed by atoms with E-state index in [0.717, 1.165) is 31.2 Å². The fourth-order valence-corrected chi connectivity index (χ4v) is 3.21. The van der Waals surface area contributed by atoms with E-state index in [1.165, 1.54) is 0 Å².